The number of hydrogen-bond acceptors (Lipinski definition) is 4. The fourth-order valence-electron chi connectivity index (χ4n) is 5.04. The second-order valence-corrected chi connectivity index (χ2v) is 8.72. The van der Waals surface area contributed by atoms with E-state index in [0.717, 1.165) is 28.7 Å². The first kappa shape index (κ1) is 22.8. The molecular formula is C26H30N2O5. The molecule has 2 N–H and O–H groups in total. The first-order valence-corrected chi connectivity index (χ1v) is 11.6. The predicted molar refractivity (Wildman–Crippen MR) is 124 cm³/mol. The van der Waals surface area contributed by atoms with E-state index in [9.17, 15) is 19.5 Å². The Balaban J connectivity index is 1.36. The highest BCUT2D eigenvalue weighted by atomic mass is 16.5. The fourth-order valence-corrected chi connectivity index (χ4v) is 5.04. The molecule has 0 bridgehead atoms. The van der Waals surface area contributed by atoms with E-state index in [-0.39, 0.29) is 25.0 Å². The second-order valence-electron chi connectivity index (χ2n) is 8.72. The lowest BCUT2D eigenvalue weighted by Crippen LogP contribution is -2.46. The van der Waals surface area contributed by atoms with Crippen molar-refractivity contribution in [3.05, 3.63) is 59.7 Å². The number of fused-ring (bicyclic) bond motifs is 3. The van der Waals surface area contributed by atoms with Crippen LogP contribution in [-0.2, 0) is 14.3 Å². The number of carboxylic acid groups (broad SMARTS) is 1. The summed E-state index contributed by atoms with van der Waals surface area (Å²) in [4.78, 5) is 38.4. The van der Waals surface area contributed by atoms with Crippen molar-refractivity contribution >= 4 is 18.0 Å². The van der Waals surface area contributed by atoms with E-state index in [4.69, 9.17) is 4.74 Å². The zero-order valence-corrected chi connectivity index (χ0v) is 18.8. The zero-order chi connectivity index (χ0) is 23.4. The summed E-state index contributed by atoms with van der Waals surface area (Å²) in [5, 5.41) is 12.1. The van der Waals surface area contributed by atoms with Crippen LogP contribution in [0.15, 0.2) is 48.5 Å². The molecule has 1 heterocycles. The molecule has 2 amide bonds. The minimum atomic E-state index is -0.972. The number of amides is 2. The van der Waals surface area contributed by atoms with Crippen molar-refractivity contribution in [3.8, 4) is 11.1 Å². The molecule has 1 saturated heterocycles. The summed E-state index contributed by atoms with van der Waals surface area (Å²) in [6, 6.07) is 15.5. The molecule has 0 aromatic heterocycles. The molecule has 0 saturated carbocycles. The first-order chi connectivity index (χ1) is 16.0. The van der Waals surface area contributed by atoms with Gasteiger partial charge in [0.15, 0.2) is 0 Å². The summed E-state index contributed by atoms with van der Waals surface area (Å²) in [6.45, 7) is 2.75. The third kappa shape index (κ3) is 4.72. The number of carbonyl (C=O) groups excluding carboxylic acids is 2. The van der Waals surface area contributed by atoms with Gasteiger partial charge in [0.05, 0.1) is 5.92 Å². The molecule has 2 aliphatic rings. The quantitative estimate of drug-likeness (QED) is 0.633. The Labute approximate surface area is 193 Å². The minimum Gasteiger partial charge on any atom is -0.480 e. The molecule has 2 aromatic carbocycles. The molecule has 1 aliphatic carbocycles. The van der Waals surface area contributed by atoms with Crippen LogP contribution in [0.1, 0.15) is 49.7 Å². The third-order valence-electron chi connectivity index (χ3n) is 6.64. The topological polar surface area (TPSA) is 95.9 Å². The van der Waals surface area contributed by atoms with Gasteiger partial charge in [0, 0.05) is 19.0 Å². The smallest absolute Gasteiger partial charge is 0.407 e. The highest BCUT2D eigenvalue weighted by Gasteiger charge is 2.37. The molecule has 0 radical (unpaired) electrons. The van der Waals surface area contributed by atoms with Gasteiger partial charge in [-0.1, -0.05) is 61.9 Å². The van der Waals surface area contributed by atoms with Gasteiger partial charge in [-0.25, -0.2) is 9.59 Å². The largest absolute Gasteiger partial charge is 0.480 e. The summed E-state index contributed by atoms with van der Waals surface area (Å²) in [5.74, 6) is -1.67. The van der Waals surface area contributed by atoms with Crippen molar-refractivity contribution in [3.63, 3.8) is 0 Å². The summed E-state index contributed by atoms with van der Waals surface area (Å²) < 4.78 is 5.56. The summed E-state index contributed by atoms with van der Waals surface area (Å²) in [7, 11) is 0. The number of carbonyl (C=O) groups is 3. The summed E-state index contributed by atoms with van der Waals surface area (Å²) in [5.41, 5.74) is 4.60. The fraction of sp³-hybridized carbons (Fsp3) is 0.423. The molecule has 2 aromatic rings. The van der Waals surface area contributed by atoms with Crippen molar-refractivity contribution in [1.29, 1.82) is 0 Å². The first-order valence-electron chi connectivity index (χ1n) is 11.6. The number of carboxylic acids is 1. The van der Waals surface area contributed by atoms with Gasteiger partial charge in [-0.05, 0) is 41.5 Å². The van der Waals surface area contributed by atoms with Gasteiger partial charge >= 0.3 is 12.1 Å². The summed E-state index contributed by atoms with van der Waals surface area (Å²) >= 11 is 0. The van der Waals surface area contributed by atoms with E-state index in [1.807, 2.05) is 31.2 Å². The molecule has 7 nitrogen and oxygen atoms in total. The van der Waals surface area contributed by atoms with Gasteiger partial charge in [-0.2, -0.15) is 0 Å². The average molecular weight is 451 g/mol. The monoisotopic (exact) mass is 450 g/mol. The average Bonchev–Trinajstić information content (AvgIpc) is 3.43. The molecular weight excluding hydrogens is 420 g/mol. The molecule has 1 aliphatic heterocycles. The van der Waals surface area contributed by atoms with Crippen LogP contribution in [0.5, 0.6) is 0 Å². The van der Waals surface area contributed by atoms with Crippen LogP contribution in [0.4, 0.5) is 4.79 Å². The highest BCUT2D eigenvalue weighted by Crippen LogP contribution is 2.44. The molecule has 7 heteroatoms. The lowest BCUT2D eigenvalue weighted by atomic mass is 9.98. The van der Waals surface area contributed by atoms with Crippen molar-refractivity contribution in [2.45, 2.75) is 44.6 Å². The zero-order valence-electron chi connectivity index (χ0n) is 18.8. The molecule has 1 fully saturated rings. The van der Waals surface area contributed by atoms with Crippen molar-refractivity contribution in [1.82, 2.24) is 10.2 Å². The second kappa shape index (κ2) is 10.1. The van der Waals surface area contributed by atoms with Crippen LogP contribution < -0.4 is 5.32 Å². The molecule has 4 rings (SSSR count). The van der Waals surface area contributed by atoms with Gasteiger partial charge in [0.25, 0.3) is 0 Å². The van der Waals surface area contributed by atoms with E-state index in [0.29, 0.717) is 25.8 Å². The Hall–Kier alpha value is -3.35. The van der Waals surface area contributed by atoms with Crippen LogP contribution >= 0.6 is 0 Å². The van der Waals surface area contributed by atoms with E-state index in [2.05, 4.69) is 29.6 Å². The number of nitrogens with one attached hydrogen (secondary N) is 1. The van der Waals surface area contributed by atoms with Crippen LogP contribution in [0, 0.1) is 5.92 Å². The number of nitrogens with zero attached hydrogens (tertiary/aromatic N) is 1. The van der Waals surface area contributed by atoms with Gasteiger partial charge in [0.2, 0.25) is 5.91 Å². The maximum absolute atomic E-state index is 13.0. The maximum Gasteiger partial charge on any atom is 0.407 e. The Bertz CT molecular complexity index is 991. The Kier molecular flexibility index (Phi) is 6.96. The lowest BCUT2D eigenvalue weighted by molar-refractivity contribution is -0.150. The van der Waals surface area contributed by atoms with Gasteiger partial charge in [0.1, 0.15) is 12.6 Å². The SMILES string of the molecule is CCCC(CNC(=O)OCC1c2ccccc2-c2ccccc21)C(=O)N1CCC[C@@H]1C(=O)O. The number of aliphatic carboxylic acids is 1. The number of rotatable bonds is 8. The molecule has 0 spiro atoms. The van der Waals surface area contributed by atoms with Crippen LogP contribution in [0.3, 0.4) is 0 Å². The van der Waals surface area contributed by atoms with Crippen molar-refractivity contribution in [2.24, 2.45) is 5.92 Å². The molecule has 174 valence electrons. The maximum atomic E-state index is 13.0. The standard InChI is InChI=1S/C26H30N2O5/c1-2-8-17(24(29)28-14-7-13-23(28)25(30)31)15-27-26(32)33-16-22-20-11-5-3-9-18(20)19-10-4-6-12-21(19)22/h3-6,9-12,17,22-23H,2,7-8,13-16H2,1H3,(H,27,32)(H,30,31)/t17?,23-/m1/s1. The highest BCUT2D eigenvalue weighted by molar-refractivity contribution is 5.86. The summed E-state index contributed by atoms with van der Waals surface area (Å²) in [6.07, 6.45) is 1.92. The van der Waals surface area contributed by atoms with Gasteiger partial charge < -0.3 is 20.1 Å². The van der Waals surface area contributed by atoms with Crippen molar-refractivity contribution < 1.29 is 24.2 Å². The number of likely N-dealkylation sites (tertiary alicyclic amines) is 1. The van der Waals surface area contributed by atoms with Gasteiger partial charge in [-0.3, -0.25) is 4.79 Å². The Morgan fingerprint density at radius 3 is 2.33 bits per heavy atom. The Morgan fingerprint density at radius 2 is 1.73 bits per heavy atom. The number of hydrogen-bond donors (Lipinski definition) is 2. The van der Waals surface area contributed by atoms with E-state index < -0.39 is 24.0 Å². The third-order valence-corrected chi connectivity index (χ3v) is 6.64. The van der Waals surface area contributed by atoms with Crippen LogP contribution in [0.25, 0.3) is 11.1 Å². The molecule has 2 atom stereocenters. The van der Waals surface area contributed by atoms with Crippen LogP contribution in [-0.4, -0.2) is 53.7 Å². The van der Waals surface area contributed by atoms with Crippen molar-refractivity contribution in [2.75, 3.05) is 19.7 Å². The molecule has 33 heavy (non-hydrogen) atoms. The number of ether oxygens (including phenoxy) is 1. The normalized spacial score (nSPS) is 17.8. The lowest BCUT2D eigenvalue weighted by Gasteiger charge is -2.26. The predicted octanol–water partition coefficient (Wildman–Crippen LogP) is 4.02. The van der Waals surface area contributed by atoms with E-state index in [1.165, 1.54) is 4.90 Å². The van der Waals surface area contributed by atoms with E-state index >= 15 is 0 Å². The minimum absolute atomic E-state index is 0.0304. The number of alkyl carbamates (subject to hydrolysis) is 1. The van der Waals surface area contributed by atoms with Crippen LogP contribution in [0.2, 0.25) is 0 Å². The van der Waals surface area contributed by atoms with E-state index in [1.54, 1.807) is 0 Å². The number of benzene rings is 2. The van der Waals surface area contributed by atoms with Gasteiger partial charge in [-0.15, -0.1) is 0 Å². The Morgan fingerprint density at radius 1 is 1.09 bits per heavy atom. The molecule has 1 unspecified atom stereocenters.